The third-order valence-electron chi connectivity index (χ3n) is 3.66. The van der Waals surface area contributed by atoms with Crippen LogP contribution >= 0.6 is 11.3 Å². The molecule has 110 valence electrons. The minimum Gasteiger partial charge on any atom is -0.397 e. The van der Waals surface area contributed by atoms with Gasteiger partial charge in [-0.25, -0.2) is 4.98 Å². The van der Waals surface area contributed by atoms with Crippen molar-refractivity contribution in [1.82, 2.24) is 14.8 Å². The van der Waals surface area contributed by atoms with Crippen LogP contribution in [0.2, 0.25) is 0 Å². The highest BCUT2D eigenvalue weighted by Crippen LogP contribution is 2.16. The molecule has 3 heterocycles. The van der Waals surface area contributed by atoms with E-state index in [9.17, 15) is 4.79 Å². The molecule has 1 saturated heterocycles. The lowest BCUT2D eigenvalue weighted by atomic mass is 10.2. The van der Waals surface area contributed by atoms with Crippen molar-refractivity contribution in [3.8, 4) is 0 Å². The van der Waals surface area contributed by atoms with E-state index in [1.807, 2.05) is 4.90 Å². The fourth-order valence-corrected chi connectivity index (χ4v) is 3.22. The summed E-state index contributed by atoms with van der Waals surface area (Å²) in [5.41, 5.74) is 6.64. The van der Waals surface area contributed by atoms with E-state index in [-0.39, 0.29) is 5.91 Å². The van der Waals surface area contributed by atoms with Crippen molar-refractivity contribution in [3.63, 3.8) is 0 Å². The number of piperazine rings is 1. The maximum absolute atomic E-state index is 12.4. The van der Waals surface area contributed by atoms with Gasteiger partial charge in [-0.2, -0.15) is 0 Å². The number of thiophene rings is 1. The van der Waals surface area contributed by atoms with Crippen molar-refractivity contribution in [2.24, 2.45) is 0 Å². The zero-order chi connectivity index (χ0) is 14.7. The van der Waals surface area contributed by atoms with Crippen molar-refractivity contribution >= 4 is 22.9 Å². The Morgan fingerprint density at radius 2 is 2.05 bits per heavy atom. The number of nitrogen functional groups attached to an aromatic ring is 1. The molecule has 0 bridgehead atoms. The van der Waals surface area contributed by atoms with Crippen molar-refractivity contribution in [2.75, 3.05) is 31.9 Å². The summed E-state index contributed by atoms with van der Waals surface area (Å²) in [6.45, 7) is 4.18. The molecule has 0 unspecified atom stereocenters. The van der Waals surface area contributed by atoms with Crippen molar-refractivity contribution in [3.05, 3.63) is 46.4 Å². The molecule has 2 N–H and O–H groups in total. The summed E-state index contributed by atoms with van der Waals surface area (Å²) in [7, 11) is 0. The van der Waals surface area contributed by atoms with Crippen molar-refractivity contribution in [2.45, 2.75) is 6.54 Å². The smallest absolute Gasteiger partial charge is 0.274 e. The number of aromatic nitrogens is 1. The molecule has 0 saturated carbocycles. The van der Waals surface area contributed by atoms with Crippen LogP contribution in [0.15, 0.2) is 35.8 Å². The molecule has 1 aliphatic heterocycles. The highest BCUT2D eigenvalue weighted by molar-refractivity contribution is 7.09. The van der Waals surface area contributed by atoms with Crippen LogP contribution in [0.4, 0.5) is 5.69 Å². The normalized spacial score (nSPS) is 16.1. The van der Waals surface area contributed by atoms with Gasteiger partial charge in [0.15, 0.2) is 5.69 Å². The van der Waals surface area contributed by atoms with Crippen LogP contribution in [0.1, 0.15) is 15.4 Å². The fourth-order valence-electron chi connectivity index (χ4n) is 2.48. The van der Waals surface area contributed by atoms with Gasteiger partial charge >= 0.3 is 0 Å². The Morgan fingerprint density at radius 1 is 1.24 bits per heavy atom. The minimum atomic E-state index is -0.0659. The maximum Gasteiger partial charge on any atom is 0.274 e. The molecular formula is C15H18N4OS. The Bertz CT molecular complexity index is 606. The second kappa shape index (κ2) is 6.24. The van der Waals surface area contributed by atoms with Crippen molar-refractivity contribution < 1.29 is 4.79 Å². The lowest BCUT2D eigenvalue weighted by Gasteiger charge is -2.34. The molecule has 0 spiro atoms. The Balaban J connectivity index is 1.58. The maximum atomic E-state index is 12.4. The first kappa shape index (κ1) is 14.0. The number of amides is 1. The lowest BCUT2D eigenvalue weighted by Crippen LogP contribution is -2.48. The second-order valence-electron chi connectivity index (χ2n) is 5.09. The first-order chi connectivity index (χ1) is 10.2. The number of carbonyl (C=O) groups is 1. The molecular weight excluding hydrogens is 284 g/mol. The number of carbonyl (C=O) groups excluding carboxylic acids is 1. The number of hydrogen-bond acceptors (Lipinski definition) is 5. The highest BCUT2D eigenvalue weighted by atomic mass is 32.1. The molecule has 1 aliphatic rings. The van der Waals surface area contributed by atoms with Gasteiger partial charge in [-0.3, -0.25) is 9.69 Å². The number of nitrogens with two attached hydrogens (primary N) is 1. The van der Waals surface area contributed by atoms with Gasteiger partial charge in [0.25, 0.3) is 5.91 Å². The fraction of sp³-hybridized carbons (Fsp3) is 0.333. The van der Waals surface area contributed by atoms with E-state index >= 15 is 0 Å². The second-order valence-corrected chi connectivity index (χ2v) is 6.12. The van der Waals surface area contributed by atoms with Crippen LogP contribution in [0, 0.1) is 0 Å². The lowest BCUT2D eigenvalue weighted by molar-refractivity contribution is 0.0625. The van der Waals surface area contributed by atoms with Crippen molar-refractivity contribution in [1.29, 1.82) is 0 Å². The van der Waals surface area contributed by atoms with Gasteiger partial charge in [0.1, 0.15) is 0 Å². The largest absolute Gasteiger partial charge is 0.397 e. The Hall–Kier alpha value is -1.92. The minimum absolute atomic E-state index is 0.0659. The zero-order valence-electron chi connectivity index (χ0n) is 11.7. The van der Waals surface area contributed by atoms with E-state index in [1.165, 1.54) is 4.88 Å². The monoisotopic (exact) mass is 302 g/mol. The molecule has 0 aliphatic carbocycles. The number of nitrogens with zero attached hydrogens (tertiary/aromatic N) is 3. The van der Waals surface area contributed by atoms with Gasteiger partial charge in [0.2, 0.25) is 0 Å². The summed E-state index contributed by atoms with van der Waals surface area (Å²) < 4.78 is 0. The summed E-state index contributed by atoms with van der Waals surface area (Å²) in [4.78, 5) is 22.1. The third kappa shape index (κ3) is 3.22. The quantitative estimate of drug-likeness (QED) is 0.937. The number of pyridine rings is 1. The van der Waals surface area contributed by atoms with Crippen LogP contribution in [-0.2, 0) is 6.54 Å². The van der Waals surface area contributed by atoms with Crippen LogP contribution < -0.4 is 5.73 Å². The molecule has 3 rings (SSSR count). The van der Waals surface area contributed by atoms with Crippen LogP contribution in [0.3, 0.4) is 0 Å². The van der Waals surface area contributed by atoms with Gasteiger partial charge in [0, 0.05) is 43.8 Å². The Kier molecular flexibility index (Phi) is 4.17. The molecule has 2 aromatic heterocycles. The molecule has 2 aromatic rings. The zero-order valence-corrected chi connectivity index (χ0v) is 12.6. The van der Waals surface area contributed by atoms with E-state index in [2.05, 4.69) is 27.4 Å². The van der Waals surface area contributed by atoms with Gasteiger partial charge in [-0.05, 0) is 23.6 Å². The summed E-state index contributed by atoms with van der Waals surface area (Å²) in [6, 6.07) is 7.68. The Morgan fingerprint density at radius 3 is 2.71 bits per heavy atom. The SMILES string of the molecule is Nc1cccnc1C(=O)N1CCN(Cc2cccs2)CC1. The molecule has 1 fully saturated rings. The summed E-state index contributed by atoms with van der Waals surface area (Å²) in [5, 5.41) is 2.10. The van der Waals surface area contributed by atoms with Gasteiger partial charge in [-0.15, -0.1) is 11.3 Å². The molecule has 6 heteroatoms. The molecule has 5 nitrogen and oxygen atoms in total. The van der Waals surface area contributed by atoms with E-state index in [0.29, 0.717) is 11.4 Å². The summed E-state index contributed by atoms with van der Waals surface area (Å²) >= 11 is 1.77. The molecule has 0 radical (unpaired) electrons. The standard InChI is InChI=1S/C15H18N4OS/c16-13-4-1-5-17-14(13)15(20)19-8-6-18(7-9-19)11-12-3-2-10-21-12/h1-5,10H,6-9,11,16H2. The predicted molar refractivity (Wildman–Crippen MR) is 84.1 cm³/mol. The van der Waals surface area contributed by atoms with Crippen LogP contribution in [0.5, 0.6) is 0 Å². The highest BCUT2D eigenvalue weighted by Gasteiger charge is 2.24. The number of rotatable bonds is 3. The summed E-state index contributed by atoms with van der Waals surface area (Å²) in [6.07, 6.45) is 1.61. The van der Waals surface area contributed by atoms with Crippen LogP contribution in [0.25, 0.3) is 0 Å². The number of hydrogen-bond donors (Lipinski definition) is 1. The number of anilines is 1. The Labute approximate surface area is 128 Å². The first-order valence-electron chi connectivity index (χ1n) is 6.98. The molecule has 0 atom stereocenters. The first-order valence-corrected chi connectivity index (χ1v) is 7.86. The topological polar surface area (TPSA) is 62.5 Å². The average Bonchev–Trinajstić information content (AvgIpc) is 3.01. The van der Waals surface area contributed by atoms with E-state index < -0.39 is 0 Å². The van der Waals surface area contributed by atoms with Gasteiger partial charge in [-0.1, -0.05) is 6.07 Å². The molecule has 21 heavy (non-hydrogen) atoms. The third-order valence-corrected chi connectivity index (χ3v) is 4.52. The predicted octanol–water partition coefficient (Wildman–Crippen LogP) is 1.68. The van der Waals surface area contributed by atoms with E-state index in [1.54, 1.807) is 29.7 Å². The van der Waals surface area contributed by atoms with E-state index in [0.717, 1.165) is 32.7 Å². The van der Waals surface area contributed by atoms with Gasteiger partial charge in [0.05, 0.1) is 5.69 Å². The van der Waals surface area contributed by atoms with Gasteiger partial charge < -0.3 is 10.6 Å². The molecule has 0 aromatic carbocycles. The molecule has 1 amide bonds. The summed E-state index contributed by atoms with van der Waals surface area (Å²) in [5.74, 6) is -0.0659. The van der Waals surface area contributed by atoms with Crippen LogP contribution in [-0.4, -0.2) is 46.9 Å². The average molecular weight is 302 g/mol. The van der Waals surface area contributed by atoms with E-state index in [4.69, 9.17) is 5.73 Å².